The van der Waals surface area contributed by atoms with E-state index >= 15 is 0 Å². The number of nitrogens with zero attached hydrogens (tertiary/aromatic N) is 1. The van der Waals surface area contributed by atoms with Crippen molar-refractivity contribution in [3.05, 3.63) is 29.8 Å². The zero-order valence-electron chi connectivity index (χ0n) is 16.3. The Labute approximate surface area is 176 Å². The molecule has 30 heavy (non-hydrogen) atoms. The van der Waals surface area contributed by atoms with E-state index in [4.69, 9.17) is 4.74 Å². The van der Waals surface area contributed by atoms with Crippen molar-refractivity contribution in [2.75, 3.05) is 23.6 Å². The van der Waals surface area contributed by atoms with Gasteiger partial charge in [-0.3, -0.25) is 9.59 Å². The highest BCUT2D eigenvalue weighted by atomic mass is 32.2. The van der Waals surface area contributed by atoms with Gasteiger partial charge in [0.2, 0.25) is 11.8 Å². The quantitative estimate of drug-likeness (QED) is 0.608. The van der Waals surface area contributed by atoms with E-state index in [2.05, 4.69) is 5.32 Å². The number of benzene rings is 1. The molecule has 3 rings (SSSR count). The summed E-state index contributed by atoms with van der Waals surface area (Å²) in [5.74, 6) is -3.50. The Hall–Kier alpha value is -1.81. The van der Waals surface area contributed by atoms with E-state index in [1.54, 1.807) is 23.1 Å². The number of hydrogen-bond donors (Lipinski definition) is 1. The van der Waals surface area contributed by atoms with Crippen LogP contribution in [-0.2, 0) is 20.9 Å². The highest BCUT2D eigenvalue weighted by Gasteiger charge is 2.41. The van der Waals surface area contributed by atoms with Crippen LogP contribution < -0.4 is 5.32 Å². The van der Waals surface area contributed by atoms with Gasteiger partial charge in [-0.15, -0.1) is 11.8 Å². The molecule has 1 aromatic rings. The molecule has 0 spiro atoms. The van der Waals surface area contributed by atoms with Crippen molar-refractivity contribution in [3.8, 4) is 0 Å². The second-order valence-corrected chi connectivity index (χ2v) is 8.55. The number of hydrogen-bond acceptors (Lipinski definition) is 4. The zero-order valence-corrected chi connectivity index (χ0v) is 17.1. The first-order valence-electron chi connectivity index (χ1n) is 9.79. The molecule has 2 fully saturated rings. The summed E-state index contributed by atoms with van der Waals surface area (Å²) in [7, 11) is 0. The Morgan fingerprint density at radius 3 is 2.70 bits per heavy atom. The van der Waals surface area contributed by atoms with Gasteiger partial charge in [-0.1, -0.05) is 25.0 Å². The van der Waals surface area contributed by atoms with E-state index in [9.17, 15) is 27.2 Å². The van der Waals surface area contributed by atoms with Crippen LogP contribution in [0, 0.1) is 5.92 Å². The van der Waals surface area contributed by atoms with Crippen LogP contribution in [-0.4, -0.2) is 53.3 Å². The van der Waals surface area contributed by atoms with Gasteiger partial charge in [-0.05, 0) is 30.5 Å². The normalized spacial score (nSPS) is 20.2. The van der Waals surface area contributed by atoms with E-state index in [0.29, 0.717) is 22.9 Å². The molecule has 166 valence electrons. The molecule has 1 heterocycles. The van der Waals surface area contributed by atoms with Crippen LogP contribution in [0.15, 0.2) is 24.3 Å². The van der Waals surface area contributed by atoms with Gasteiger partial charge in [0.25, 0.3) is 0 Å². The lowest BCUT2D eigenvalue weighted by atomic mass is 10.1. The molecule has 1 N–H and O–H groups in total. The van der Waals surface area contributed by atoms with E-state index in [1.807, 2.05) is 0 Å². The second kappa shape index (κ2) is 10.00. The van der Waals surface area contributed by atoms with Crippen LogP contribution in [0.5, 0.6) is 0 Å². The van der Waals surface area contributed by atoms with Crippen LogP contribution in [0.25, 0.3) is 0 Å². The van der Waals surface area contributed by atoms with Gasteiger partial charge in [-0.25, -0.2) is 8.78 Å². The first kappa shape index (κ1) is 22.9. The van der Waals surface area contributed by atoms with Gasteiger partial charge >= 0.3 is 12.3 Å². The largest absolute Gasteiger partial charge is 0.370 e. The lowest BCUT2D eigenvalue weighted by Crippen LogP contribution is -2.46. The van der Waals surface area contributed by atoms with Crippen LogP contribution in [0.1, 0.15) is 31.2 Å². The third-order valence-electron chi connectivity index (χ3n) is 5.25. The van der Waals surface area contributed by atoms with Crippen molar-refractivity contribution < 1.29 is 31.9 Å². The van der Waals surface area contributed by atoms with E-state index in [1.165, 1.54) is 17.8 Å². The lowest BCUT2D eigenvalue weighted by molar-refractivity contribution is -0.168. The van der Waals surface area contributed by atoms with Crippen molar-refractivity contribution in [2.24, 2.45) is 5.92 Å². The van der Waals surface area contributed by atoms with Gasteiger partial charge < -0.3 is 15.0 Å². The summed E-state index contributed by atoms with van der Waals surface area (Å²) in [4.78, 5) is 27.1. The van der Waals surface area contributed by atoms with Crippen LogP contribution >= 0.6 is 11.8 Å². The molecular weight excluding hydrogens is 424 g/mol. The predicted molar refractivity (Wildman–Crippen MR) is 106 cm³/mol. The summed E-state index contributed by atoms with van der Waals surface area (Å²) in [6.07, 6.45) is 0.00282. The number of carbonyl (C=O) groups is 2. The fourth-order valence-corrected chi connectivity index (χ4v) is 4.78. The maximum Gasteiger partial charge on any atom is 0.330 e. The zero-order chi connectivity index (χ0) is 21.7. The maximum atomic E-state index is 12.9. The SMILES string of the molecule is O=C(Nc1cccc(COCC(F)(F)C(F)F)c1)C1CSCN1C(=O)C1CCCC1. The third kappa shape index (κ3) is 5.66. The Morgan fingerprint density at radius 2 is 2.00 bits per heavy atom. The monoisotopic (exact) mass is 448 g/mol. The fraction of sp³-hybridized carbons (Fsp3) is 0.600. The Kier molecular flexibility index (Phi) is 7.62. The van der Waals surface area contributed by atoms with Crippen LogP contribution in [0.4, 0.5) is 23.2 Å². The molecule has 2 aliphatic rings. The minimum absolute atomic E-state index is 0.00848. The Bertz CT molecular complexity index is 759. The molecule has 1 atom stereocenters. The molecule has 0 bridgehead atoms. The molecule has 1 aromatic carbocycles. The van der Waals surface area contributed by atoms with Crippen LogP contribution in [0.3, 0.4) is 0 Å². The molecule has 0 radical (unpaired) electrons. The smallest absolute Gasteiger partial charge is 0.330 e. The Balaban J connectivity index is 1.56. The maximum absolute atomic E-state index is 12.9. The summed E-state index contributed by atoms with van der Waals surface area (Å²) in [5.41, 5.74) is 0.879. The van der Waals surface area contributed by atoms with Gasteiger partial charge in [0.05, 0.1) is 12.5 Å². The first-order valence-corrected chi connectivity index (χ1v) is 10.9. The standard InChI is InChI=1S/C20H24F4N2O3S/c21-19(22)20(23,24)11-29-9-13-4-3-7-15(8-13)25-17(27)16-10-30-12-26(16)18(28)14-5-1-2-6-14/h3-4,7-8,14,16,19H,1-2,5-6,9-12H2,(H,25,27). The number of thioether (sulfide) groups is 1. The van der Waals surface area contributed by atoms with Crippen LogP contribution in [0.2, 0.25) is 0 Å². The highest BCUT2D eigenvalue weighted by Crippen LogP contribution is 2.31. The Morgan fingerprint density at radius 1 is 1.27 bits per heavy atom. The van der Waals surface area contributed by atoms with Crippen molar-refractivity contribution in [1.29, 1.82) is 0 Å². The fourth-order valence-electron chi connectivity index (χ4n) is 3.62. The summed E-state index contributed by atoms with van der Waals surface area (Å²) in [5, 5.41) is 2.75. The molecule has 1 saturated heterocycles. The number of halogens is 4. The van der Waals surface area contributed by atoms with Gasteiger partial charge in [0.1, 0.15) is 12.6 Å². The minimum atomic E-state index is -4.21. The number of nitrogens with one attached hydrogen (secondary N) is 1. The second-order valence-electron chi connectivity index (χ2n) is 7.55. The van der Waals surface area contributed by atoms with Crippen molar-refractivity contribution in [3.63, 3.8) is 0 Å². The molecular formula is C20H24F4N2O3S. The number of rotatable bonds is 8. The lowest BCUT2D eigenvalue weighted by Gasteiger charge is -2.25. The predicted octanol–water partition coefficient (Wildman–Crippen LogP) is 4.13. The average Bonchev–Trinajstić information content (AvgIpc) is 3.39. The molecule has 1 aliphatic carbocycles. The van der Waals surface area contributed by atoms with Gasteiger partial charge in [0, 0.05) is 17.4 Å². The van der Waals surface area contributed by atoms with E-state index < -0.39 is 25.0 Å². The van der Waals surface area contributed by atoms with Crippen molar-refractivity contribution in [1.82, 2.24) is 4.90 Å². The average molecular weight is 448 g/mol. The summed E-state index contributed by atoms with van der Waals surface area (Å²) in [6.45, 7) is -1.68. The summed E-state index contributed by atoms with van der Waals surface area (Å²) in [6, 6.07) is 5.78. The van der Waals surface area contributed by atoms with Crippen molar-refractivity contribution in [2.45, 2.75) is 50.7 Å². The number of anilines is 1. The topological polar surface area (TPSA) is 58.6 Å². The molecule has 0 aromatic heterocycles. The first-order chi connectivity index (χ1) is 14.3. The molecule has 5 nitrogen and oxygen atoms in total. The summed E-state index contributed by atoms with van der Waals surface area (Å²) >= 11 is 1.53. The van der Waals surface area contributed by atoms with Gasteiger partial charge in [0.15, 0.2) is 0 Å². The molecule has 1 unspecified atom stereocenters. The minimum Gasteiger partial charge on any atom is -0.370 e. The number of alkyl halides is 4. The summed E-state index contributed by atoms with van der Waals surface area (Å²) < 4.78 is 54.9. The molecule has 2 amide bonds. The number of ether oxygens (including phenoxy) is 1. The van der Waals surface area contributed by atoms with E-state index in [-0.39, 0.29) is 24.3 Å². The molecule has 1 saturated carbocycles. The van der Waals surface area contributed by atoms with Crippen molar-refractivity contribution >= 4 is 29.3 Å². The van der Waals surface area contributed by atoms with Gasteiger partial charge in [-0.2, -0.15) is 8.78 Å². The highest BCUT2D eigenvalue weighted by molar-refractivity contribution is 7.99. The number of amides is 2. The van der Waals surface area contributed by atoms with E-state index in [0.717, 1.165) is 25.7 Å². The number of carbonyl (C=O) groups excluding carboxylic acids is 2. The molecule has 1 aliphatic heterocycles. The molecule has 10 heteroatoms. The third-order valence-corrected chi connectivity index (χ3v) is 6.26.